The molecule has 0 aliphatic carbocycles. The van der Waals surface area contributed by atoms with Gasteiger partial charge < -0.3 is 9.53 Å². The maximum Gasteiger partial charge on any atom is 0.252 e. The Balaban J connectivity index is 1.93. The fraction of sp³-hybridized carbons (Fsp3) is 0.412. The van der Waals surface area contributed by atoms with Gasteiger partial charge in [-0.3, -0.25) is 9.69 Å². The summed E-state index contributed by atoms with van der Waals surface area (Å²) in [6.07, 6.45) is 2.69. The van der Waals surface area contributed by atoms with Gasteiger partial charge in [-0.15, -0.1) is 0 Å². The number of hydrogen-bond donors (Lipinski definition) is 0. The van der Waals surface area contributed by atoms with Crippen LogP contribution in [0, 0.1) is 0 Å². The molecule has 2 aliphatic rings. The number of ketones is 1. The largest absolute Gasteiger partial charge is 0.351 e. The molecule has 4 nitrogen and oxygen atoms in total. The van der Waals surface area contributed by atoms with Crippen molar-refractivity contribution in [3.05, 3.63) is 47.5 Å². The highest BCUT2D eigenvalue weighted by Gasteiger charge is 2.53. The van der Waals surface area contributed by atoms with E-state index >= 15 is 0 Å². The lowest BCUT2D eigenvalue weighted by Crippen LogP contribution is -2.44. The van der Waals surface area contributed by atoms with E-state index in [-0.39, 0.29) is 17.9 Å². The Labute approximate surface area is 124 Å². The van der Waals surface area contributed by atoms with Gasteiger partial charge in [-0.05, 0) is 26.3 Å². The minimum absolute atomic E-state index is 0.00454. The zero-order valence-electron chi connectivity index (χ0n) is 12.3. The number of carbonyl (C=O) groups is 2. The summed E-state index contributed by atoms with van der Waals surface area (Å²) in [5.74, 6) is 0.141. The highest BCUT2D eigenvalue weighted by Crippen LogP contribution is 2.45. The van der Waals surface area contributed by atoms with E-state index in [2.05, 4.69) is 0 Å². The average molecular weight is 285 g/mol. The van der Waals surface area contributed by atoms with Gasteiger partial charge in [-0.25, -0.2) is 0 Å². The molecule has 2 heterocycles. The van der Waals surface area contributed by atoms with Crippen molar-refractivity contribution >= 4 is 11.7 Å². The van der Waals surface area contributed by atoms with E-state index in [1.807, 2.05) is 43.3 Å². The number of benzene rings is 1. The van der Waals surface area contributed by atoms with Gasteiger partial charge in [0.1, 0.15) is 5.78 Å². The second kappa shape index (κ2) is 5.11. The maximum atomic E-state index is 12.5. The first-order valence-corrected chi connectivity index (χ1v) is 7.23. The topological polar surface area (TPSA) is 46.6 Å². The second-order valence-electron chi connectivity index (χ2n) is 5.88. The summed E-state index contributed by atoms with van der Waals surface area (Å²) in [6, 6.07) is 9.75. The molecule has 2 aliphatic heterocycles. The van der Waals surface area contributed by atoms with Crippen molar-refractivity contribution in [1.82, 2.24) is 4.90 Å². The number of hydrogen-bond acceptors (Lipinski definition) is 3. The zero-order valence-corrected chi connectivity index (χ0v) is 12.3. The Hall–Kier alpha value is -1.94. The SMILES string of the molecule is CC(=O)CC[C@]12C=C(C)C(=O)N1[C@@H](c1ccccc1)OC2. The normalized spacial score (nSPS) is 27.7. The van der Waals surface area contributed by atoms with Crippen molar-refractivity contribution < 1.29 is 14.3 Å². The van der Waals surface area contributed by atoms with Gasteiger partial charge in [-0.2, -0.15) is 0 Å². The number of Topliss-reactive ketones (excluding diaryl/α,β-unsaturated/α-hetero) is 1. The van der Waals surface area contributed by atoms with Crippen LogP contribution in [-0.2, 0) is 14.3 Å². The van der Waals surface area contributed by atoms with Crippen LogP contribution >= 0.6 is 0 Å². The Kier molecular flexibility index (Phi) is 3.41. The standard InChI is InChI=1S/C17H19NO3/c1-12-10-17(9-8-13(2)19)11-21-16(18(17)15(12)20)14-6-4-3-5-7-14/h3-7,10,16H,8-9,11H2,1-2H3/t16-,17-/m1/s1. The minimum atomic E-state index is -0.465. The van der Waals surface area contributed by atoms with Crippen LogP contribution in [0.5, 0.6) is 0 Å². The Morgan fingerprint density at radius 2 is 2.10 bits per heavy atom. The molecule has 4 heteroatoms. The zero-order chi connectivity index (χ0) is 15.0. The predicted molar refractivity (Wildman–Crippen MR) is 78.4 cm³/mol. The van der Waals surface area contributed by atoms with Crippen LogP contribution in [0.1, 0.15) is 38.5 Å². The number of nitrogens with zero attached hydrogens (tertiary/aromatic N) is 1. The molecule has 0 aromatic heterocycles. The molecule has 0 N–H and O–H groups in total. The molecule has 0 radical (unpaired) electrons. The van der Waals surface area contributed by atoms with Crippen molar-refractivity contribution in [2.24, 2.45) is 0 Å². The van der Waals surface area contributed by atoms with Crippen molar-refractivity contribution in [1.29, 1.82) is 0 Å². The van der Waals surface area contributed by atoms with Gasteiger partial charge in [0.15, 0.2) is 6.23 Å². The summed E-state index contributed by atoms with van der Waals surface area (Å²) in [4.78, 5) is 25.7. The molecular formula is C17H19NO3. The molecule has 1 saturated heterocycles. The van der Waals surface area contributed by atoms with Crippen LogP contribution in [0.15, 0.2) is 42.0 Å². The lowest BCUT2D eigenvalue weighted by Gasteiger charge is -2.32. The van der Waals surface area contributed by atoms with E-state index in [4.69, 9.17) is 4.74 Å². The van der Waals surface area contributed by atoms with Gasteiger partial charge in [0.25, 0.3) is 5.91 Å². The summed E-state index contributed by atoms with van der Waals surface area (Å²) < 4.78 is 5.91. The molecular weight excluding hydrogens is 266 g/mol. The Bertz CT molecular complexity index is 608. The van der Waals surface area contributed by atoms with E-state index in [9.17, 15) is 9.59 Å². The van der Waals surface area contributed by atoms with Crippen molar-refractivity contribution in [2.45, 2.75) is 38.5 Å². The summed E-state index contributed by atoms with van der Waals surface area (Å²) in [7, 11) is 0. The third kappa shape index (κ3) is 2.29. The Morgan fingerprint density at radius 3 is 2.76 bits per heavy atom. The van der Waals surface area contributed by atoms with Crippen molar-refractivity contribution in [3.63, 3.8) is 0 Å². The van der Waals surface area contributed by atoms with E-state index < -0.39 is 5.54 Å². The minimum Gasteiger partial charge on any atom is -0.351 e. The van der Waals surface area contributed by atoms with Crippen LogP contribution in [0.4, 0.5) is 0 Å². The van der Waals surface area contributed by atoms with Crippen LogP contribution in [0.3, 0.4) is 0 Å². The first-order valence-electron chi connectivity index (χ1n) is 7.23. The average Bonchev–Trinajstić information content (AvgIpc) is 2.95. The molecule has 0 unspecified atom stereocenters. The third-order valence-electron chi connectivity index (χ3n) is 4.24. The summed E-state index contributed by atoms with van der Waals surface area (Å²) in [5.41, 5.74) is 1.24. The first kappa shape index (κ1) is 14.0. The van der Waals surface area contributed by atoms with E-state index in [1.165, 1.54) is 0 Å². The maximum absolute atomic E-state index is 12.5. The van der Waals surface area contributed by atoms with Crippen molar-refractivity contribution in [2.75, 3.05) is 6.61 Å². The fourth-order valence-corrected chi connectivity index (χ4v) is 3.20. The number of rotatable bonds is 4. The molecule has 1 aromatic carbocycles. The van der Waals surface area contributed by atoms with Gasteiger partial charge in [0, 0.05) is 17.6 Å². The molecule has 21 heavy (non-hydrogen) atoms. The van der Waals surface area contributed by atoms with Crippen LogP contribution in [-0.4, -0.2) is 28.7 Å². The number of carbonyl (C=O) groups excluding carboxylic acids is 2. The quantitative estimate of drug-likeness (QED) is 0.854. The van der Waals surface area contributed by atoms with Gasteiger partial charge >= 0.3 is 0 Å². The summed E-state index contributed by atoms with van der Waals surface area (Å²) in [5, 5.41) is 0. The second-order valence-corrected chi connectivity index (χ2v) is 5.88. The third-order valence-corrected chi connectivity index (χ3v) is 4.24. The summed E-state index contributed by atoms with van der Waals surface area (Å²) in [6.45, 7) is 3.86. The van der Waals surface area contributed by atoms with Gasteiger partial charge in [-0.1, -0.05) is 30.3 Å². The lowest BCUT2D eigenvalue weighted by atomic mass is 9.93. The highest BCUT2D eigenvalue weighted by molar-refractivity contribution is 5.97. The molecule has 0 saturated carbocycles. The smallest absolute Gasteiger partial charge is 0.252 e. The van der Waals surface area contributed by atoms with Crippen LogP contribution in [0.2, 0.25) is 0 Å². The highest BCUT2D eigenvalue weighted by atomic mass is 16.5. The molecule has 2 atom stereocenters. The molecule has 110 valence electrons. The molecule has 3 rings (SSSR count). The van der Waals surface area contributed by atoms with Crippen LogP contribution < -0.4 is 0 Å². The first-order chi connectivity index (χ1) is 10.0. The predicted octanol–water partition coefficient (Wildman–Crippen LogP) is 2.61. The monoisotopic (exact) mass is 285 g/mol. The van der Waals surface area contributed by atoms with Crippen LogP contribution in [0.25, 0.3) is 0 Å². The van der Waals surface area contributed by atoms with Crippen molar-refractivity contribution in [3.8, 4) is 0 Å². The molecule has 1 fully saturated rings. The van der Waals surface area contributed by atoms with Gasteiger partial charge in [0.2, 0.25) is 0 Å². The molecule has 1 aromatic rings. The van der Waals surface area contributed by atoms with E-state index in [0.717, 1.165) is 11.1 Å². The lowest BCUT2D eigenvalue weighted by molar-refractivity contribution is -0.134. The van der Waals surface area contributed by atoms with E-state index in [1.54, 1.807) is 11.8 Å². The summed E-state index contributed by atoms with van der Waals surface area (Å²) >= 11 is 0. The van der Waals surface area contributed by atoms with Gasteiger partial charge in [0.05, 0.1) is 12.1 Å². The number of fused-ring (bicyclic) bond motifs is 1. The number of ether oxygens (including phenoxy) is 1. The Morgan fingerprint density at radius 1 is 1.38 bits per heavy atom. The molecule has 0 spiro atoms. The fourth-order valence-electron chi connectivity index (χ4n) is 3.20. The molecule has 0 bridgehead atoms. The van der Waals surface area contributed by atoms with E-state index in [0.29, 0.717) is 19.4 Å². The number of amides is 1. The molecule has 1 amide bonds.